The van der Waals surface area contributed by atoms with E-state index in [1.165, 1.54) is 0 Å². The lowest BCUT2D eigenvalue weighted by Crippen LogP contribution is -2.42. The van der Waals surface area contributed by atoms with Gasteiger partial charge >= 0.3 is 5.97 Å². The normalized spacial score (nSPS) is 24.6. The van der Waals surface area contributed by atoms with Crippen LogP contribution in [0.5, 0.6) is 0 Å². The molecule has 0 aromatic heterocycles. The molecule has 0 spiro atoms. The number of esters is 1. The Hall–Kier alpha value is -0.650. The Morgan fingerprint density at radius 1 is 1.50 bits per heavy atom. The first-order valence-electron chi connectivity index (χ1n) is 5.90. The highest BCUT2D eigenvalue weighted by Gasteiger charge is 2.26. The van der Waals surface area contributed by atoms with Crippen LogP contribution in [-0.2, 0) is 14.3 Å². The molecule has 0 saturated carbocycles. The van der Waals surface area contributed by atoms with E-state index < -0.39 is 0 Å². The number of carbonyl (C=O) groups excluding carboxylic acids is 1. The number of unbranched alkanes of at least 4 members (excludes halogenated alkanes) is 1. The molecule has 0 radical (unpaired) electrons. The van der Waals surface area contributed by atoms with Gasteiger partial charge < -0.3 is 20.1 Å². The summed E-state index contributed by atoms with van der Waals surface area (Å²) in [5.74, 6) is -0.185. The van der Waals surface area contributed by atoms with E-state index in [9.17, 15) is 4.79 Å². The Morgan fingerprint density at radius 2 is 2.31 bits per heavy atom. The van der Waals surface area contributed by atoms with Gasteiger partial charge in [-0.05, 0) is 6.42 Å². The number of carbonyl (C=O) groups is 1. The summed E-state index contributed by atoms with van der Waals surface area (Å²) in [4.78, 5) is 11.3. The number of nitrogens with one attached hydrogen (secondary N) is 2. The highest BCUT2D eigenvalue weighted by atomic mass is 16.5. The van der Waals surface area contributed by atoms with Gasteiger partial charge in [-0.1, -0.05) is 13.3 Å². The molecule has 5 heteroatoms. The lowest BCUT2D eigenvalue weighted by molar-refractivity contribution is -0.142. The number of ether oxygens (including phenoxy) is 2. The summed E-state index contributed by atoms with van der Waals surface area (Å²) in [6.07, 6.45) is 2.11. The molecule has 0 aromatic rings. The van der Waals surface area contributed by atoms with Gasteiger partial charge in [0.2, 0.25) is 0 Å². The second-order valence-electron chi connectivity index (χ2n) is 3.99. The van der Waals surface area contributed by atoms with Crippen LogP contribution in [0.1, 0.15) is 19.8 Å². The van der Waals surface area contributed by atoms with Crippen molar-refractivity contribution in [3.05, 3.63) is 0 Å². The summed E-state index contributed by atoms with van der Waals surface area (Å²) < 4.78 is 10.3. The Morgan fingerprint density at radius 3 is 3.00 bits per heavy atom. The van der Waals surface area contributed by atoms with Gasteiger partial charge in [0.1, 0.15) is 0 Å². The average molecular weight is 230 g/mol. The maximum Gasteiger partial charge on any atom is 0.319 e. The molecular weight excluding hydrogens is 208 g/mol. The van der Waals surface area contributed by atoms with E-state index in [0.717, 1.165) is 25.9 Å². The van der Waals surface area contributed by atoms with Crippen LogP contribution in [-0.4, -0.2) is 51.5 Å². The van der Waals surface area contributed by atoms with Crippen LogP contribution < -0.4 is 10.6 Å². The maximum absolute atomic E-state index is 11.3. The van der Waals surface area contributed by atoms with E-state index in [1.807, 2.05) is 0 Å². The molecule has 94 valence electrons. The van der Waals surface area contributed by atoms with Gasteiger partial charge in [0.15, 0.2) is 0 Å². The topological polar surface area (TPSA) is 59.6 Å². The lowest BCUT2D eigenvalue weighted by atomic mass is 10.2. The molecule has 2 atom stereocenters. The second kappa shape index (κ2) is 7.60. The van der Waals surface area contributed by atoms with E-state index in [2.05, 4.69) is 17.6 Å². The molecule has 2 N–H and O–H groups in total. The fourth-order valence-electron chi connectivity index (χ4n) is 1.70. The monoisotopic (exact) mass is 230 g/mol. The zero-order valence-electron chi connectivity index (χ0n) is 10.1. The standard InChI is InChI=1S/C11H22N2O3/c1-3-4-5-16-11(14)8-13-9-6-12-7-10(9)15-2/h9-10,12-13H,3-8H2,1-2H3/t9-,10-/m1/s1. The van der Waals surface area contributed by atoms with Crippen LogP contribution in [0.15, 0.2) is 0 Å². The van der Waals surface area contributed by atoms with Crippen LogP contribution >= 0.6 is 0 Å². The first kappa shape index (κ1) is 13.4. The summed E-state index contributed by atoms with van der Waals surface area (Å²) in [5, 5.41) is 6.36. The SMILES string of the molecule is CCCCOC(=O)CN[C@@H]1CNC[C@H]1OC. The van der Waals surface area contributed by atoms with E-state index in [1.54, 1.807) is 7.11 Å². The van der Waals surface area contributed by atoms with E-state index in [-0.39, 0.29) is 24.7 Å². The average Bonchev–Trinajstić information content (AvgIpc) is 2.74. The van der Waals surface area contributed by atoms with Crippen molar-refractivity contribution in [3.63, 3.8) is 0 Å². The molecule has 1 aliphatic rings. The van der Waals surface area contributed by atoms with E-state index in [4.69, 9.17) is 9.47 Å². The Kier molecular flexibility index (Phi) is 6.37. The molecule has 0 amide bonds. The fraction of sp³-hybridized carbons (Fsp3) is 0.909. The molecule has 1 heterocycles. The predicted octanol–water partition coefficient (Wildman–Crippen LogP) is -0.0939. The van der Waals surface area contributed by atoms with E-state index >= 15 is 0 Å². The predicted molar refractivity (Wildman–Crippen MR) is 61.3 cm³/mol. The summed E-state index contributed by atoms with van der Waals surface area (Å²) in [5.41, 5.74) is 0. The van der Waals surface area contributed by atoms with Gasteiger partial charge in [-0.15, -0.1) is 0 Å². The maximum atomic E-state index is 11.3. The van der Waals surface area contributed by atoms with Crippen molar-refractivity contribution in [2.24, 2.45) is 0 Å². The highest BCUT2D eigenvalue weighted by Crippen LogP contribution is 2.03. The fourth-order valence-corrected chi connectivity index (χ4v) is 1.70. The molecule has 1 saturated heterocycles. The van der Waals surface area contributed by atoms with Gasteiger partial charge in [-0.3, -0.25) is 4.79 Å². The van der Waals surface area contributed by atoms with Gasteiger partial charge in [-0.25, -0.2) is 0 Å². The van der Waals surface area contributed by atoms with Crippen LogP contribution in [0, 0.1) is 0 Å². The molecule has 1 fully saturated rings. The quantitative estimate of drug-likeness (QED) is 0.473. The van der Waals surface area contributed by atoms with Crippen LogP contribution in [0.4, 0.5) is 0 Å². The highest BCUT2D eigenvalue weighted by molar-refractivity contribution is 5.71. The van der Waals surface area contributed by atoms with Gasteiger partial charge in [0, 0.05) is 26.2 Å². The number of methoxy groups -OCH3 is 1. The third-order valence-corrected chi connectivity index (χ3v) is 2.73. The molecule has 0 bridgehead atoms. The summed E-state index contributed by atoms with van der Waals surface area (Å²) >= 11 is 0. The van der Waals surface area contributed by atoms with Crippen LogP contribution in [0.25, 0.3) is 0 Å². The molecular formula is C11H22N2O3. The third-order valence-electron chi connectivity index (χ3n) is 2.73. The van der Waals surface area contributed by atoms with Crippen molar-refractivity contribution in [1.82, 2.24) is 10.6 Å². The van der Waals surface area contributed by atoms with Crippen molar-refractivity contribution in [2.45, 2.75) is 31.9 Å². The molecule has 1 rings (SSSR count). The zero-order valence-corrected chi connectivity index (χ0v) is 10.1. The molecule has 0 aromatic carbocycles. The van der Waals surface area contributed by atoms with Crippen LogP contribution in [0.2, 0.25) is 0 Å². The minimum atomic E-state index is -0.185. The van der Waals surface area contributed by atoms with Crippen molar-refractivity contribution in [1.29, 1.82) is 0 Å². The first-order chi connectivity index (χ1) is 7.77. The Labute approximate surface area is 96.9 Å². The van der Waals surface area contributed by atoms with Crippen molar-refractivity contribution in [3.8, 4) is 0 Å². The van der Waals surface area contributed by atoms with Crippen molar-refractivity contribution < 1.29 is 14.3 Å². The molecule has 5 nitrogen and oxygen atoms in total. The largest absolute Gasteiger partial charge is 0.465 e. The second-order valence-corrected chi connectivity index (χ2v) is 3.99. The smallest absolute Gasteiger partial charge is 0.319 e. The minimum Gasteiger partial charge on any atom is -0.465 e. The summed E-state index contributed by atoms with van der Waals surface area (Å²) in [7, 11) is 1.69. The number of hydrogen-bond acceptors (Lipinski definition) is 5. The zero-order chi connectivity index (χ0) is 11.8. The van der Waals surface area contributed by atoms with Gasteiger partial charge in [0.05, 0.1) is 19.3 Å². The van der Waals surface area contributed by atoms with Gasteiger partial charge in [-0.2, -0.15) is 0 Å². The van der Waals surface area contributed by atoms with E-state index in [0.29, 0.717) is 6.61 Å². The van der Waals surface area contributed by atoms with Crippen LogP contribution in [0.3, 0.4) is 0 Å². The summed E-state index contributed by atoms with van der Waals surface area (Å²) in [6.45, 7) is 4.52. The Bertz CT molecular complexity index is 211. The number of hydrogen-bond donors (Lipinski definition) is 2. The minimum absolute atomic E-state index is 0.142. The van der Waals surface area contributed by atoms with Crippen molar-refractivity contribution in [2.75, 3.05) is 33.4 Å². The molecule has 0 aliphatic carbocycles. The molecule has 16 heavy (non-hydrogen) atoms. The van der Waals surface area contributed by atoms with Crippen molar-refractivity contribution >= 4 is 5.97 Å². The van der Waals surface area contributed by atoms with Gasteiger partial charge in [0.25, 0.3) is 0 Å². The summed E-state index contributed by atoms with van der Waals surface area (Å²) in [6, 6.07) is 0.198. The molecule has 0 unspecified atom stereocenters. The Balaban J connectivity index is 2.11. The lowest BCUT2D eigenvalue weighted by Gasteiger charge is -2.17. The first-order valence-corrected chi connectivity index (χ1v) is 5.90. The number of rotatable bonds is 7. The molecule has 1 aliphatic heterocycles. The third kappa shape index (κ3) is 4.47.